The van der Waals surface area contributed by atoms with Gasteiger partial charge in [-0.2, -0.15) is 0 Å². The minimum absolute atomic E-state index is 0. The number of unbranched alkanes of at least 4 members (excludes halogenated alkanes) is 2. The van der Waals surface area contributed by atoms with Gasteiger partial charge in [-0.05, 0) is 6.42 Å². The second-order valence-electron chi connectivity index (χ2n) is 1.43. The zero-order valence-corrected chi connectivity index (χ0v) is 26.1. The standard InChI is InChI=1S/C6H12.3C2H6.2CH3.4Y/c1-3-5-6-4-2;3*1-2;;;;;;/h3H,1,4-6H2,2H3;3*1-2H3;2*1H3;;;;/q;;;;2*-1;;;;. The maximum absolute atomic E-state index is 3.60. The fraction of sp³-hybridized carbons (Fsp3) is 0.714. The Hall–Kier alpha value is 4.16. The first-order valence-corrected chi connectivity index (χ1v) is 5.52. The van der Waals surface area contributed by atoms with E-state index >= 15 is 0 Å². The van der Waals surface area contributed by atoms with Crippen molar-refractivity contribution >= 4 is 0 Å². The molecule has 0 bridgehead atoms. The number of allylic oxidation sites excluding steroid dienone is 1. The Morgan fingerprint density at radius 1 is 0.722 bits per heavy atom. The molecule has 18 heavy (non-hydrogen) atoms. The molecule has 0 aromatic heterocycles. The molecule has 0 atom stereocenters. The van der Waals surface area contributed by atoms with Crippen molar-refractivity contribution in [3.05, 3.63) is 27.5 Å². The Kier molecular flexibility index (Phi) is 482. The predicted molar refractivity (Wildman–Crippen MR) is 76.6 cm³/mol. The number of rotatable bonds is 3. The van der Waals surface area contributed by atoms with E-state index in [4.69, 9.17) is 0 Å². The zero-order chi connectivity index (χ0) is 10.8. The third-order valence-electron chi connectivity index (χ3n) is 0.762. The molecule has 0 saturated heterocycles. The molecule has 0 rings (SSSR count). The van der Waals surface area contributed by atoms with Crippen molar-refractivity contribution in [2.75, 3.05) is 0 Å². The molecule has 0 heterocycles. The van der Waals surface area contributed by atoms with Crippen molar-refractivity contribution in [1.29, 1.82) is 0 Å². The van der Waals surface area contributed by atoms with Gasteiger partial charge in [0.25, 0.3) is 0 Å². The molecular formula is C14H36Y4-2. The van der Waals surface area contributed by atoms with Crippen molar-refractivity contribution in [1.82, 2.24) is 0 Å². The van der Waals surface area contributed by atoms with Crippen LogP contribution in [0.15, 0.2) is 12.7 Å². The predicted octanol–water partition coefficient (Wildman–Crippen LogP) is 6.33. The van der Waals surface area contributed by atoms with Crippen LogP contribution in [0.4, 0.5) is 0 Å². The van der Waals surface area contributed by atoms with E-state index in [1.807, 2.05) is 47.6 Å². The smallest absolute Gasteiger partial charge is 0 e. The van der Waals surface area contributed by atoms with Gasteiger partial charge >= 0.3 is 0 Å². The molecule has 0 aromatic carbocycles. The van der Waals surface area contributed by atoms with Crippen LogP contribution in [0, 0.1) is 14.9 Å². The Morgan fingerprint density at radius 3 is 1.00 bits per heavy atom. The van der Waals surface area contributed by atoms with Crippen molar-refractivity contribution in [2.24, 2.45) is 0 Å². The maximum Gasteiger partial charge on any atom is 0 e. The van der Waals surface area contributed by atoms with Gasteiger partial charge in [0, 0.05) is 131 Å². The average Bonchev–Trinajstić information content (AvgIpc) is 2.24. The van der Waals surface area contributed by atoms with Gasteiger partial charge in [-0.1, -0.05) is 67.4 Å². The topological polar surface area (TPSA) is 0 Å². The van der Waals surface area contributed by atoms with Gasteiger partial charge in [-0.15, -0.1) is 6.58 Å². The summed E-state index contributed by atoms with van der Waals surface area (Å²) in [5.74, 6) is 0. The molecule has 0 spiro atoms. The number of hydrogen-bond acceptors (Lipinski definition) is 0. The molecular weight excluding hydrogens is 524 g/mol. The second kappa shape index (κ2) is 129. The normalized spacial score (nSPS) is 3.72. The van der Waals surface area contributed by atoms with Crippen LogP contribution in [0.5, 0.6) is 0 Å². The van der Waals surface area contributed by atoms with E-state index < -0.39 is 0 Å². The van der Waals surface area contributed by atoms with Crippen LogP contribution in [0.2, 0.25) is 0 Å². The van der Waals surface area contributed by atoms with Crippen LogP contribution in [0.25, 0.3) is 0 Å². The fourth-order valence-corrected chi connectivity index (χ4v) is 0.348. The summed E-state index contributed by atoms with van der Waals surface area (Å²) in [6, 6.07) is 0. The first kappa shape index (κ1) is 67.1. The van der Waals surface area contributed by atoms with Crippen molar-refractivity contribution < 1.29 is 131 Å². The summed E-state index contributed by atoms with van der Waals surface area (Å²) >= 11 is 0. The Morgan fingerprint density at radius 2 is 0.944 bits per heavy atom. The quantitative estimate of drug-likeness (QED) is 0.215. The summed E-state index contributed by atoms with van der Waals surface area (Å²) in [5, 5.41) is 0. The van der Waals surface area contributed by atoms with Gasteiger partial charge in [0.2, 0.25) is 0 Å². The largest absolute Gasteiger partial charge is 0.358 e. The van der Waals surface area contributed by atoms with Crippen molar-refractivity contribution in [2.45, 2.75) is 67.7 Å². The van der Waals surface area contributed by atoms with Gasteiger partial charge in [0.05, 0.1) is 0 Å². The molecule has 106 valence electrons. The van der Waals surface area contributed by atoms with Gasteiger partial charge in [0.15, 0.2) is 0 Å². The van der Waals surface area contributed by atoms with Crippen LogP contribution in [-0.2, 0) is 131 Å². The van der Waals surface area contributed by atoms with Crippen LogP contribution in [-0.4, -0.2) is 0 Å². The molecule has 0 N–H and O–H groups in total. The van der Waals surface area contributed by atoms with Gasteiger partial charge in [0.1, 0.15) is 0 Å². The third kappa shape index (κ3) is 144. The SMILES string of the molecule is C=CCCCC.CC.CC.CC.[CH3-].[CH3-].[Y].[Y].[Y].[Y]. The molecule has 0 unspecified atom stereocenters. The van der Waals surface area contributed by atoms with E-state index in [1.165, 1.54) is 19.3 Å². The Labute approximate surface area is 221 Å². The molecule has 4 heteroatoms. The third-order valence-corrected chi connectivity index (χ3v) is 0.762. The Balaban J connectivity index is -0.00000000604. The van der Waals surface area contributed by atoms with Gasteiger partial charge in [-0.3, -0.25) is 0 Å². The molecule has 0 aliphatic carbocycles. The van der Waals surface area contributed by atoms with Crippen molar-refractivity contribution in [3.8, 4) is 0 Å². The summed E-state index contributed by atoms with van der Waals surface area (Å²) in [4.78, 5) is 0. The van der Waals surface area contributed by atoms with E-state index in [0.29, 0.717) is 0 Å². The van der Waals surface area contributed by atoms with Gasteiger partial charge < -0.3 is 14.9 Å². The second-order valence-corrected chi connectivity index (χ2v) is 1.43. The molecule has 0 aliphatic heterocycles. The van der Waals surface area contributed by atoms with E-state index in [-0.39, 0.29) is 146 Å². The monoisotopic (exact) mass is 560 g/mol. The first-order chi connectivity index (χ1) is 5.91. The van der Waals surface area contributed by atoms with Crippen LogP contribution in [0.3, 0.4) is 0 Å². The molecule has 0 amide bonds. The Bertz CT molecular complexity index is 42.8. The van der Waals surface area contributed by atoms with Crippen LogP contribution in [0.1, 0.15) is 67.7 Å². The van der Waals surface area contributed by atoms with E-state index in [9.17, 15) is 0 Å². The van der Waals surface area contributed by atoms with E-state index in [0.717, 1.165) is 0 Å². The first-order valence-electron chi connectivity index (χ1n) is 5.52. The summed E-state index contributed by atoms with van der Waals surface area (Å²) in [6.45, 7) is 17.8. The minimum atomic E-state index is 0. The minimum Gasteiger partial charge on any atom is -0.358 e. The number of hydrogen-bond donors (Lipinski definition) is 0. The van der Waals surface area contributed by atoms with E-state index in [1.54, 1.807) is 0 Å². The molecule has 0 aliphatic rings. The molecule has 0 fully saturated rings. The summed E-state index contributed by atoms with van der Waals surface area (Å²) in [6.07, 6.45) is 5.72. The van der Waals surface area contributed by atoms with Gasteiger partial charge in [-0.25, -0.2) is 0 Å². The molecule has 0 nitrogen and oxygen atoms in total. The van der Waals surface area contributed by atoms with Crippen molar-refractivity contribution in [3.63, 3.8) is 0 Å². The van der Waals surface area contributed by atoms with Crippen LogP contribution < -0.4 is 0 Å². The summed E-state index contributed by atoms with van der Waals surface area (Å²) in [7, 11) is 0. The summed E-state index contributed by atoms with van der Waals surface area (Å²) < 4.78 is 0. The maximum atomic E-state index is 3.60. The average molecular weight is 560 g/mol. The van der Waals surface area contributed by atoms with Crippen LogP contribution >= 0.6 is 0 Å². The zero-order valence-electron chi connectivity index (χ0n) is 14.7. The molecule has 0 aromatic rings. The summed E-state index contributed by atoms with van der Waals surface area (Å²) in [5.41, 5.74) is 0. The van der Waals surface area contributed by atoms with E-state index in [2.05, 4.69) is 13.5 Å². The fourth-order valence-electron chi connectivity index (χ4n) is 0.348. The molecule has 4 radical (unpaired) electrons. The molecule has 0 saturated carbocycles.